The molecule has 0 spiro atoms. The monoisotopic (exact) mass is 282 g/mol. The molecular formula is C16H20ClFO. The van der Waals surface area contributed by atoms with Gasteiger partial charge in [-0.05, 0) is 24.5 Å². The van der Waals surface area contributed by atoms with Gasteiger partial charge >= 0.3 is 0 Å². The summed E-state index contributed by atoms with van der Waals surface area (Å²) in [4.78, 5) is 11.9. The van der Waals surface area contributed by atoms with Gasteiger partial charge in [0.1, 0.15) is 11.6 Å². The molecule has 1 aliphatic rings. The lowest BCUT2D eigenvalue weighted by Crippen LogP contribution is -2.11. The van der Waals surface area contributed by atoms with E-state index >= 15 is 0 Å². The molecule has 104 valence electrons. The molecule has 19 heavy (non-hydrogen) atoms. The summed E-state index contributed by atoms with van der Waals surface area (Å²) in [6.07, 6.45) is 8.02. The summed E-state index contributed by atoms with van der Waals surface area (Å²) >= 11 is 5.93. The van der Waals surface area contributed by atoms with Gasteiger partial charge in [0, 0.05) is 23.4 Å². The van der Waals surface area contributed by atoms with Gasteiger partial charge in [-0.1, -0.05) is 49.8 Å². The number of benzene rings is 1. The van der Waals surface area contributed by atoms with Crippen LogP contribution in [0.5, 0.6) is 0 Å². The molecule has 0 aliphatic heterocycles. The van der Waals surface area contributed by atoms with Gasteiger partial charge in [-0.2, -0.15) is 0 Å². The third-order valence-corrected chi connectivity index (χ3v) is 4.35. The van der Waals surface area contributed by atoms with E-state index in [1.54, 1.807) is 12.1 Å². The van der Waals surface area contributed by atoms with E-state index in [0.29, 0.717) is 22.9 Å². The minimum atomic E-state index is -0.376. The minimum absolute atomic E-state index is 0.0950. The van der Waals surface area contributed by atoms with Crippen LogP contribution < -0.4 is 0 Å². The first-order valence-electron chi connectivity index (χ1n) is 7.11. The Balaban J connectivity index is 1.83. The van der Waals surface area contributed by atoms with Crippen LogP contribution in [0.1, 0.15) is 50.5 Å². The van der Waals surface area contributed by atoms with Crippen LogP contribution in [0.3, 0.4) is 0 Å². The largest absolute Gasteiger partial charge is 0.299 e. The van der Waals surface area contributed by atoms with Crippen molar-refractivity contribution < 1.29 is 9.18 Å². The maximum Gasteiger partial charge on any atom is 0.137 e. The second-order valence-corrected chi connectivity index (χ2v) is 5.87. The van der Waals surface area contributed by atoms with E-state index in [0.717, 1.165) is 6.42 Å². The Morgan fingerprint density at radius 2 is 2.00 bits per heavy atom. The van der Waals surface area contributed by atoms with Crippen LogP contribution in [0, 0.1) is 11.7 Å². The van der Waals surface area contributed by atoms with Gasteiger partial charge in [0.2, 0.25) is 0 Å². The molecule has 1 fully saturated rings. The van der Waals surface area contributed by atoms with E-state index in [-0.39, 0.29) is 18.0 Å². The number of hydrogen-bond acceptors (Lipinski definition) is 1. The van der Waals surface area contributed by atoms with E-state index in [1.807, 2.05) is 0 Å². The van der Waals surface area contributed by atoms with Crippen LogP contribution in [-0.4, -0.2) is 5.78 Å². The first kappa shape index (κ1) is 14.5. The summed E-state index contributed by atoms with van der Waals surface area (Å²) in [7, 11) is 0. The van der Waals surface area contributed by atoms with Crippen molar-refractivity contribution in [2.45, 2.75) is 51.4 Å². The predicted octanol–water partition coefficient (Wildman–Crippen LogP) is 4.95. The van der Waals surface area contributed by atoms with Crippen molar-refractivity contribution in [1.82, 2.24) is 0 Å². The second kappa shape index (κ2) is 7.04. The molecule has 0 radical (unpaired) electrons. The minimum Gasteiger partial charge on any atom is -0.299 e. The SMILES string of the molecule is O=C(CCC1CCCCC1)Cc1c(F)cccc1Cl. The molecule has 0 atom stereocenters. The molecular weight excluding hydrogens is 263 g/mol. The van der Waals surface area contributed by atoms with Crippen molar-refractivity contribution in [3.05, 3.63) is 34.6 Å². The Morgan fingerprint density at radius 3 is 2.68 bits per heavy atom. The zero-order valence-electron chi connectivity index (χ0n) is 11.1. The molecule has 0 aromatic heterocycles. The Kier molecular flexibility index (Phi) is 5.38. The summed E-state index contributed by atoms with van der Waals surface area (Å²) in [6, 6.07) is 4.55. The molecule has 0 bridgehead atoms. The summed E-state index contributed by atoms with van der Waals surface area (Å²) in [5, 5.41) is 0.353. The van der Waals surface area contributed by atoms with Crippen molar-refractivity contribution >= 4 is 17.4 Å². The van der Waals surface area contributed by atoms with Gasteiger partial charge in [-0.25, -0.2) is 4.39 Å². The van der Waals surface area contributed by atoms with E-state index in [9.17, 15) is 9.18 Å². The second-order valence-electron chi connectivity index (χ2n) is 5.46. The molecule has 0 saturated heterocycles. The molecule has 1 aromatic rings. The molecule has 3 heteroatoms. The molecule has 1 nitrogen and oxygen atoms in total. The highest BCUT2D eigenvalue weighted by Crippen LogP contribution is 2.28. The Labute approximate surface area is 119 Å². The van der Waals surface area contributed by atoms with E-state index in [1.165, 1.54) is 38.2 Å². The number of carbonyl (C=O) groups excluding carboxylic acids is 1. The molecule has 0 N–H and O–H groups in total. The summed E-state index contributed by atoms with van der Waals surface area (Å²) in [5.74, 6) is 0.407. The first-order valence-corrected chi connectivity index (χ1v) is 7.49. The number of hydrogen-bond donors (Lipinski definition) is 0. The van der Waals surface area contributed by atoms with Gasteiger partial charge in [-0.15, -0.1) is 0 Å². The number of carbonyl (C=O) groups is 1. The Bertz CT molecular complexity index is 418. The van der Waals surface area contributed by atoms with Crippen molar-refractivity contribution in [2.24, 2.45) is 5.92 Å². The van der Waals surface area contributed by atoms with Crippen LogP contribution in [0.15, 0.2) is 18.2 Å². The fourth-order valence-corrected chi connectivity index (χ4v) is 3.06. The van der Waals surface area contributed by atoms with Gasteiger partial charge in [-0.3, -0.25) is 4.79 Å². The van der Waals surface area contributed by atoms with Gasteiger partial charge in [0.25, 0.3) is 0 Å². The predicted molar refractivity (Wildman–Crippen MR) is 75.9 cm³/mol. The van der Waals surface area contributed by atoms with Crippen LogP contribution >= 0.6 is 11.6 Å². The lowest BCUT2D eigenvalue weighted by molar-refractivity contribution is -0.118. The molecule has 0 unspecified atom stereocenters. The first-order chi connectivity index (χ1) is 9.16. The van der Waals surface area contributed by atoms with Crippen LogP contribution in [0.25, 0.3) is 0 Å². The fraction of sp³-hybridized carbons (Fsp3) is 0.562. The molecule has 1 saturated carbocycles. The van der Waals surface area contributed by atoms with Crippen LogP contribution in [-0.2, 0) is 11.2 Å². The molecule has 0 amide bonds. The Hall–Kier alpha value is -0.890. The summed E-state index contributed by atoms with van der Waals surface area (Å²) in [6.45, 7) is 0. The van der Waals surface area contributed by atoms with E-state index in [2.05, 4.69) is 0 Å². The van der Waals surface area contributed by atoms with Crippen LogP contribution in [0.2, 0.25) is 5.02 Å². The zero-order chi connectivity index (χ0) is 13.7. The highest BCUT2D eigenvalue weighted by molar-refractivity contribution is 6.31. The third-order valence-electron chi connectivity index (χ3n) is 3.99. The molecule has 1 aliphatic carbocycles. The highest BCUT2D eigenvalue weighted by atomic mass is 35.5. The highest BCUT2D eigenvalue weighted by Gasteiger charge is 2.16. The van der Waals surface area contributed by atoms with Crippen molar-refractivity contribution in [3.63, 3.8) is 0 Å². The van der Waals surface area contributed by atoms with Gasteiger partial charge < -0.3 is 0 Å². The van der Waals surface area contributed by atoms with E-state index in [4.69, 9.17) is 11.6 Å². The average Bonchev–Trinajstić information content (AvgIpc) is 2.42. The molecule has 0 heterocycles. The van der Waals surface area contributed by atoms with Crippen molar-refractivity contribution in [2.75, 3.05) is 0 Å². The third kappa shape index (κ3) is 4.31. The summed E-state index contributed by atoms with van der Waals surface area (Å²) < 4.78 is 13.6. The Morgan fingerprint density at radius 1 is 1.26 bits per heavy atom. The molecule has 2 rings (SSSR count). The lowest BCUT2D eigenvalue weighted by Gasteiger charge is -2.20. The molecule has 1 aromatic carbocycles. The van der Waals surface area contributed by atoms with Crippen molar-refractivity contribution in [3.8, 4) is 0 Å². The quantitative estimate of drug-likeness (QED) is 0.747. The maximum absolute atomic E-state index is 13.6. The average molecular weight is 283 g/mol. The lowest BCUT2D eigenvalue weighted by atomic mass is 9.85. The normalized spacial score (nSPS) is 16.5. The maximum atomic E-state index is 13.6. The zero-order valence-corrected chi connectivity index (χ0v) is 11.9. The number of ketones is 1. The number of rotatable bonds is 5. The van der Waals surface area contributed by atoms with E-state index < -0.39 is 0 Å². The van der Waals surface area contributed by atoms with Gasteiger partial charge in [0.15, 0.2) is 0 Å². The van der Waals surface area contributed by atoms with Crippen LogP contribution in [0.4, 0.5) is 4.39 Å². The topological polar surface area (TPSA) is 17.1 Å². The fourth-order valence-electron chi connectivity index (χ4n) is 2.83. The van der Waals surface area contributed by atoms with Crippen molar-refractivity contribution in [1.29, 1.82) is 0 Å². The number of halogens is 2. The van der Waals surface area contributed by atoms with Gasteiger partial charge in [0.05, 0.1) is 0 Å². The summed E-state index contributed by atoms with van der Waals surface area (Å²) in [5.41, 5.74) is 0.345. The number of Topliss-reactive ketones (excluding diaryl/α,β-unsaturated/α-hetero) is 1. The smallest absolute Gasteiger partial charge is 0.137 e. The standard InChI is InChI=1S/C16H20ClFO/c17-15-7-4-8-16(18)14(15)11-13(19)10-9-12-5-2-1-3-6-12/h4,7-8,12H,1-3,5-6,9-11H2.